The van der Waals surface area contributed by atoms with Crippen molar-refractivity contribution >= 4 is 11.7 Å². The molecule has 2 heterocycles. The van der Waals surface area contributed by atoms with E-state index in [1.165, 1.54) is 0 Å². The molecule has 0 fully saturated rings. The van der Waals surface area contributed by atoms with E-state index in [-0.39, 0.29) is 11.3 Å². The molecule has 0 bridgehead atoms. The number of nitrogens with one attached hydrogen (secondary N) is 1. The van der Waals surface area contributed by atoms with E-state index in [1.54, 1.807) is 12.3 Å². The highest BCUT2D eigenvalue weighted by Gasteiger charge is 2.19. The number of amides is 1. The molecule has 0 aliphatic heterocycles. The molecule has 0 unspecified atom stereocenters. The van der Waals surface area contributed by atoms with Crippen LogP contribution >= 0.6 is 0 Å². The Hall–Kier alpha value is -2.11. The maximum atomic E-state index is 12.4. The van der Waals surface area contributed by atoms with Gasteiger partial charge >= 0.3 is 0 Å². The Morgan fingerprint density at radius 3 is 2.68 bits per heavy atom. The molecule has 2 aromatic rings. The summed E-state index contributed by atoms with van der Waals surface area (Å²) in [5.41, 5.74) is 1.63. The van der Waals surface area contributed by atoms with Crippen molar-refractivity contribution in [2.45, 2.75) is 54.0 Å². The number of nitrogens with zero attached hydrogens (tertiary/aromatic N) is 3. The van der Waals surface area contributed by atoms with Gasteiger partial charge in [-0.3, -0.25) is 9.48 Å². The van der Waals surface area contributed by atoms with Crippen LogP contribution in [0.1, 0.15) is 56.4 Å². The summed E-state index contributed by atoms with van der Waals surface area (Å²) in [6, 6.07) is 1.78. The summed E-state index contributed by atoms with van der Waals surface area (Å²) in [7, 11) is 0. The fourth-order valence-corrected chi connectivity index (χ4v) is 2.41. The van der Waals surface area contributed by atoms with Gasteiger partial charge in [0.15, 0.2) is 5.82 Å². The van der Waals surface area contributed by atoms with Crippen molar-refractivity contribution in [1.29, 1.82) is 0 Å². The quantitative estimate of drug-likeness (QED) is 0.920. The first-order valence-electron chi connectivity index (χ1n) is 7.65. The maximum absolute atomic E-state index is 12.4. The standard InChI is InChI=1S/C16H24N4O2/c1-6-13-12(10-17-20(13)7-2)15(21)18-14-8-11(22-19-14)9-16(3,4)5/h8,10H,6-7,9H2,1-5H3,(H,18,19,21). The zero-order chi connectivity index (χ0) is 16.3. The van der Waals surface area contributed by atoms with Crippen molar-refractivity contribution in [3.8, 4) is 0 Å². The molecular formula is C16H24N4O2. The summed E-state index contributed by atoms with van der Waals surface area (Å²) in [4.78, 5) is 12.4. The third-order valence-corrected chi connectivity index (χ3v) is 3.33. The van der Waals surface area contributed by atoms with Gasteiger partial charge in [-0.2, -0.15) is 5.10 Å². The summed E-state index contributed by atoms with van der Waals surface area (Å²) in [6.45, 7) is 11.1. The zero-order valence-electron chi connectivity index (χ0n) is 13.9. The second kappa shape index (κ2) is 6.34. The molecule has 120 valence electrons. The number of aryl methyl sites for hydroxylation is 1. The second-order valence-electron chi connectivity index (χ2n) is 6.54. The van der Waals surface area contributed by atoms with Gasteiger partial charge in [0.2, 0.25) is 0 Å². The molecule has 0 radical (unpaired) electrons. The van der Waals surface area contributed by atoms with Crippen LogP contribution in [0.4, 0.5) is 5.82 Å². The number of aromatic nitrogens is 3. The number of hydrogen-bond acceptors (Lipinski definition) is 4. The van der Waals surface area contributed by atoms with Gasteiger partial charge in [-0.25, -0.2) is 0 Å². The molecule has 6 nitrogen and oxygen atoms in total. The van der Waals surface area contributed by atoms with Crippen molar-refractivity contribution in [3.63, 3.8) is 0 Å². The third kappa shape index (κ3) is 3.75. The Bertz CT molecular complexity index is 649. The van der Waals surface area contributed by atoms with Gasteiger partial charge in [0.25, 0.3) is 5.91 Å². The van der Waals surface area contributed by atoms with Crippen molar-refractivity contribution < 1.29 is 9.32 Å². The van der Waals surface area contributed by atoms with Crippen molar-refractivity contribution in [2.75, 3.05) is 5.32 Å². The Morgan fingerprint density at radius 2 is 2.09 bits per heavy atom. The van der Waals surface area contributed by atoms with E-state index in [4.69, 9.17) is 4.52 Å². The van der Waals surface area contributed by atoms with Gasteiger partial charge in [0, 0.05) is 19.0 Å². The van der Waals surface area contributed by atoms with E-state index in [0.717, 1.165) is 30.8 Å². The van der Waals surface area contributed by atoms with E-state index in [9.17, 15) is 4.79 Å². The lowest BCUT2D eigenvalue weighted by Gasteiger charge is -2.14. The molecule has 0 saturated heterocycles. The van der Waals surface area contributed by atoms with Crippen LogP contribution in [-0.2, 0) is 19.4 Å². The van der Waals surface area contributed by atoms with Crippen LogP contribution in [0.2, 0.25) is 0 Å². The SMILES string of the molecule is CCc1c(C(=O)Nc2cc(CC(C)(C)C)on2)cnn1CC. The number of anilines is 1. The first-order valence-corrected chi connectivity index (χ1v) is 7.65. The highest BCUT2D eigenvalue weighted by molar-refractivity contribution is 6.04. The summed E-state index contributed by atoms with van der Waals surface area (Å²) >= 11 is 0. The molecule has 1 amide bonds. The molecular weight excluding hydrogens is 280 g/mol. The van der Waals surface area contributed by atoms with Crippen LogP contribution in [0.25, 0.3) is 0 Å². The van der Waals surface area contributed by atoms with Crippen LogP contribution in [0.15, 0.2) is 16.8 Å². The summed E-state index contributed by atoms with van der Waals surface area (Å²) < 4.78 is 7.11. The van der Waals surface area contributed by atoms with E-state index in [1.807, 2.05) is 18.5 Å². The van der Waals surface area contributed by atoms with Gasteiger partial charge in [0.1, 0.15) is 5.76 Å². The van der Waals surface area contributed by atoms with Gasteiger partial charge < -0.3 is 9.84 Å². The van der Waals surface area contributed by atoms with Crippen LogP contribution in [-0.4, -0.2) is 20.8 Å². The second-order valence-corrected chi connectivity index (χ2v) is 6.54. The normalized spacial score (nSPS) is 11.7. The molecule has 0 saturated carbocycles. The van der Waals surface area contributed by atoms with E-state index >= 15 is 0 Å². The topological polar surface area (TPSA) is 73.0 Å². The maximum Gasteiger partial charge on any atom is 0.260 e. The molecule has 6 heteroatoms. The molecule has 0 atom stereocenters. The third-order valence-electron chi connectivity index (χ3n) is 3.33. The van der Waals surface area contributed by atoms with Gasteiger partial charge in [-0.05, 0) is 18.8 Å². The largest absolute Gasteiger partial charge is 0.359 e. The molecule has 22 heavy (non-hydrogen) atoms. The summed E-state index contributed by atoms with van der Waals surface area (Å²) in [6.07, 6.45) is 3.13. The summed E-state index contributed by atoms with van der Waals surface area (Å²) in [5.74, 6) is 1.01. The molecule has 1 N–H and O–H groups in total. The minimum Gasteiger partial charge on any atom is -0.359 e. The number of carbonyl (C=O) groups excluding carboxylic acids is 1. The van der Waals surface area contributed by atoms with Crippen molar-refractivity contribution in [2.24, 2.45) is 5.41 Å². The van der Waals surface area contributed by atoms with Crippen LogP contribution in [0.3, 0.4) is 0 Å². The van der Waals surface area contributed by atoms with Gasteiger partial charge in [-0.15, -0.1) is 0 Å². The van der Waals surface area contributed by atoms with Gasteiger partial charge in [-0.1, -0.05) is 32.9 Å². The fourth-order valence-electron chi connectivity index (χ4n) is 2.41. The minimum absolute atomic E-state index is 0.110. The Kier molecular flexibility index (Phi) is 4.68. The Morgan fingerprint density at radius 1 is 1.36 bits per heavy atom. The van der Waals surface area contributed by atoms with E-state index in [2.05, 4.69) is 36.3 Å². The van der Waals surface area contributed by atoms with Crippen LogP contribution in [0, 0.1) is 5.41 Å². The lowest BCUT2D eigenvalue weighted by atomic mass is 9.91. The van der Waals surface area contributed by atoms with Crippen molar-refractivity contribution in [3.05, 3.63) is 29.3 Å². The zero-order valence-corrected chi connectivity index (χ0v) is 13.9. The number of rotatable bonds is 5. The first kappa shape index (κ1) is 16.3. The average molecular weight is 304 g/mol. The molecule has 2 aromatic heterocycles. The number of carbonyl (C=O) groups is 1. The van der Waals surface area contributed by atoms with Crippen molar-refractivity contribution in [1.82, 2.24) is 14.9 Å². The Balaban J connectivity index is 2.11. The van der Waals surface area contributed by atoms with Gasteiger partial charge in [0.05, 0.1) is 17.5 Å². The predicted octanol–water partition coefficient (Wildman–Crippen LogP) is 3.29. The summed E-state index contributed by atoms with van der Waals surface area (Å²) in [5, 5.41) is 10.9. The molecule has 0 spiro atoms. The molecule has 0 aliphatic carbocycles. The highest BCUT2D eigenvalue weighted by atomic mass is 16.5. The van der Waals surface area contributed by atoms with E-state index in [0.29, 0.717) is 11.4 Å². The monoisotopic (exact) mass is 304 g/mol. The Labute approximate surface area is 130 Å². The fraction of sp³-hybridized carbons (Fsp3) is 0.562. The minimum atomic E-state index is -0.202. The average Bonchev–Trinajstić information content (AvgIpc) is 3.02. The number of hydrogen-bond donors (Lipinski definition) is 1. The highest BCUT2D eigenvalue weighted by Crippen LogP contribution is 2.22. The molecule has 0 aromatic carbocycles. The van der Waals surface area contributed by atoms with Crippen LogP contribution in [0.5, 0.6) is 0 Å². The smallest absolute Gasteiger partial charge is 0.260 e. The molecule has 2 rings (SSSR count). The molecule has 0 aliphatic rings. The van der Waals surface area contributed by atoms with Crippen LogP contribution < -0.4 is 5.32 Å². The lowest BCUT2D eigenvalue weighted by Crippen LogP contribution is -2.14. The lowest BCUT2D eigenvalue weighted by molar-refractivity contribution is 0.102. The first-order chi connectivity index (χ1) is 10.3. The van der Waals surface area contributed by atoms with E-state index < -0.39 is 0 Å². The predicted molar refractivity (Wildman–Crippen MR) is 84.9 cm³/mol.